The molecule has 0 aliphatic carbocycles. The summed E-state index contributed by atoms with van der Waals surface area (Å²) >= 11 is 0. The van der Waals surface area contributed by atoms with Crippen molar-refractivity contribution in [1.82, 2.24) is 10.6 Å². The van der Waals surface area contributed by atoms with Crippen LogP contribution in [0.2, 0.25) is 0 Å². The number of unbranched alkanes of at least 4 members (excludes halogenated alkanes) is 1. The molecule has 1 rings (SSSR count). The molecule has 1 unspecified atom stereocenters. The highest BCUT2D eigenvalue weighted by Gasteiger charge is 2.06. The minimum atomic E-state index is -0.166. The van der Waals surface area contributed by atoms with E-state index in [0.29, 0.717) is 6.54 Å². The van der Waals surface area contributed by atoms with Gasteiger partial charge in [0.15, 0.2) is 0 Å². The van der Waals surface area contributed by atoms with E-state index in [2.05, 4.69) is 35.9 Å². The van der Waals surface area contributed by atoms with Crippen LogP contribution in [0.3, 0.4) is 0 Å². The van der Waals surface area contributed by atoms with Gasteiger partial charge in [0.2, 0.25) is 0 Å². The number of hydrogen-bond donors (Lipinski definition) is 3. The Hall–Kier alpha value is -1.59. The van der Waals surface area contributed by atoms with Crippen LogP contribution >= 0.6 is 0 Å². The Kier molecular flexibility index (Phi) is 8.47. The summed E-state index contributed by atoms with van der Waals surface area (Å²) in [5, 5.41) is 9.06. The Labute approximate surface area is 127 Å². The number of nitrogens with one attached hydrogen (secondary N) is 3. The predicted molar refractivity (Wildman–Crippen MR) is 86.7 cm³/mol. The van der Waals surface area contributed by atoms with E-state index in [4.69, 9.17) is 4.74 Å². The largest absolute Gasteiger partial charge is 0.385 e. The quantitative estimate of drug-likeness (QED) is 0.613. The molecule has 0 aromatic heterocycles. The van der Waals surface area contributed by atoms with Crippen molar-refractivity contribution in [2.24, 2.45) is 0 Å². The molecule has 118 valence electrons. The van der Waals surface area contributed by atoms with Crippen LogP contribution in [0.15, 0.2) is 24.3 Å². The van der Waals surface area contributed by atoms with Crippen molar-refractivity contribution in [3.05, 3.63) is 29.8 Å². The first-order valence-electron chi connectivity index (χ1n) is 7.54. The summed E-state index contributed by atoms with van der Waals surface area (Å²) in [6.07, 6.45) is 1.87. The summed E-state index contributed by atoms with van der Waals surface area (Å²) in [5.41, 5.74) is 1.97. The maximum atomic E-state index is 11.8. The number of anilines is 1. The molecule has 1 atom stereocenters. The van der Waals surface area contributed by atoms with Crippen LogP contribution in [0.5, 0.6) is 0 Å². The lowest BCUT2D eigenvalue weighted by Gasteiger charge is -2.14. The van der Waals surface area contributed by atoms with Crippen LogP contribution in [0, 0.1) is 0 Å². The molecular formula is C16H27N3O2. The van der Waals surface area contributed by atoms with E-state index in [9.17, 15) is 4.79 Å². The van der Waals surface area contributed by atoms with E-state index in [1.165, 1.54) is 0 Å². The summed E-state index contributed by atoms with van der Waals surface area (Å²) in [4.78, 5) is 11.8. The van der Waals surface area contributed by atoms with Crippen LogP contribution in [-0.4, -0.2) is 32.8 Å². The molecule has 0 heterocycles. The van der Waals surface area contributed by atoms with E-state index < -0.39 is 0 Å². The highest BCUT2D eigenvalue weighted by atomic mass is 16.5. The van der Waals surface area contributed by atoms with Gasteiger partial charge in [0, 0.05) is 32.0 Å². The number of amides is 2. The number of rotatable bonds is 9. The molecule has 21 heavy (non-hydrogen) atoms. The van der Waals surface area contributed by atoms with Crippen molar-refractivity contribution >= 4 is 11.7 Å². The van der Waals surface area contributed by atoms with Gasteiger partial charge in [-0.05, 0) is 44.0 Å². The summed E-state index contributed by atoms with van der Waals surface area (Å²) in [6.45, 7) is 6.49. The first kappa shape index (κ1) is 17.5. The molecule has 0 saturated carbocycles. The first-order chi connectivity index (χ1) is 10.2. The SMILES string of the molecule is CCNC(C)c1cccc(NC(=O)NCCCCOC)c1. The summed E-state index contributed by atoms with van der Waals surface area (Å²) in [5.74, 6) is 0. The van der Waals surface area contributed by atoms with Gasteiger partial charge in [0.25, 0.3) is 0 Å². The molecule has 0 bridgehead atoms. The van der Waals surface area contributed by atoms with Crippen molar-refractivity contribution < 1.29 is 9.53 Å². The first-order valence-corrected chi connectivity index (χ1v) is 7.54. The summed E-state index contributed by atoms with van der Waals surface area (Å²) in [7, 11) is 1.68. The molecule has 1 aromatic rings. The Morgan fingerprint density at radius 2 is 2.14 bits per heavy atom. The molecule has 1 aromatic carbocycles. The van der Waals surface area contributed by atoms with E-state index >= 15 is 0 Å². The second-order valence-electron chi connectivity index (χ2n) is 4.99. The molecule has 5 nitrogen and oxygen atoms in total. The van der Waals surface area contributed by atoms with Gasteiger partial charge in [-0.3, -0.25) is 0 Å². The van der Waals surface area contributed by atoms with Gasteiger partial charge < -0.3 is 20.7 Å². The number of urea groups is 1. The zero-order chi connectivity index (χ0) is 15.5. The molecule has 0 spiro atoms. The molecular weight excluding hydrogens is 266 g/mol. The van der Waals surface area contributed by atoms with E-state index in [1.54, 1.807) is 7.11 Å². The van der Waals surface area contributed by atoms with Crippen molar-refractivity contribution in [3.8, 4) is 0 Å². The van der Waals surface area contributed by atoms with Gasteiger partial charge in [-0.1, -0.05) is 19.1 Å². The third-order valence-electron chi connectivity index (χ3n) is 3.22. The molecule has 2 amide bonds. The Bertz CT molecular complexity index is 424. The van der Waals surface area contributed by atoms with Gasteiger partial charge in [-0.25, -0.2) is 4.79 Å². The summed E-state index contributed by atoms with van der Waals surface area (Å²) < 4.78 is 4.97. The van der Waals surface area contributed by atoms with Crippen molar-refractivity contribution in [1.29, 1.82) is 0 Å². The maximum absolute atomic E-state index is 11.8. The Morgan fingerprint density at radius 1 is 1.33 bits per heavy atom. The lowest BCUT2D eigenvalue weighted by Crippen LogP contribution is -2.29. The van der Waals surface area contributed by atoms with Crippen molar-refractivity contribution in [2.75, 3.05) is 32.1 Å². The number of carbonyl (C=O) groups is 1. The lowest BCUT2D eigenvalue weighted by atomic mass is 10.1. The van der Waals surface area contributed by atoms with Gasteiger partial charge in [0.05, 0.1) is 0 Å². The third kappa shape index (κ3) is 7.11. The average Bonchev–Trinajstić information content (AvgIpc) is 2.47. The molecule has 5 heteroatoms. The molecule has 0 fully saturated rings. The van der Waals surface area contributed by atoms with Gasteiger partial charge in [-0.15, -0.1) is 0 Å². The highest BCUT2D eigenvalue weighted by molar-refractivity contribution is 5.89. The van der Waals surface area contributed by atoms with Crippen LogP contribution in [0.25, 0.3) is 0 Å². The number of hydrogen-bond acceptors (Lipinski definition) is 3. The molecule has 3 N–H and O–H groups in total. The van der Waals surface area contributed by atoms with Gasteiger partial charge in [0.1, 0.15) is 0 Å². The average molecular weight is 293 g/mol. The number of carbonyl (C=O) groups excluding carboxylic acids is 1. The van der Waals surface area contributed by atoms with Gasteiger partial charge in [-0.2, -0.15) is 0 Å². The van der Waals surface area contributed by atoms with Crippen LogP contribution in [-0.2, 0) is 4.74 Å². The molecule has 0 aliphatic heterocycles. The number of benzene rings is 1. The normalized spacial score (nSPS) is 12.0. The number of ether oxygens (including phenoxy) is 1. The minimum absolute atomic E-state index is 0.166. The zero-order valence-electron chi connectivity index (χ0n) is 13.2. The van der Waals surface area contributed by atoms with Crippen LogP contribution in [0.4, 0.5) is 10.5 Å². The fourth-order valence-electron chi connectivity index (χ4n) is 2.06. The Morgan fingerprint density at radius 3 is 2.86 bits per heavy atom. The monoisotopic (exact) mass is 293 g/mol. The molecule has 0 aliphatic rings. The lowest BCUT2D eigenvalue weighted by molar-refractivity contribution is 0.192. The topological polar surface area (TPSA) is 62.4 Å². The minimum Gasteiger partial charge on any atom is -0.385 e. The number of methoxy groups -OCH3 is 1. The van der Waals surface area contributed by atoms with Crippen molar-refractivity contribution in [2.45, 2.75) is 32.7 Å². The predicted octanol–water partition coefficient (Wildman–Crippen LogP) is 2.91. The third-order valence-corrected chi connectivity index (χ3v) is 3.22. The maximum Gasteiger partial charge on any atom is 0.319 e. The fraction of sp³-hybridized carbons (Fsp3) is 0.562. The highest BCUT2D eigenvalue weighted by Crippen LogP contribution is 2.17. The summed E-state index contributed by atoms with van der Waals surface area (Å²) in [6, 6.07) is 8.01. The second-order valence-corrected chi connectivity index (χ2v) is 4.99. The molecule has 0 saturated heterocycles. The second kappa shape index (κ2) is 10.2. The van der Waals surface area contributed by atoms with Crippen LogP contribution < -0.4 is 16.0 Å². The Balaban J connectivity index is 2.40. The van der Waals surface area contributed by atoms with Crippen LogP contribution in [0.1, 0.15) is 38.3 Å². The van der Waals surface area contributed by atoms with Crippen molar-refractivity contribution in [3.63, 3.8) is 0 Å². The van der Waals surface area contributed by atoms with Gasteiger partial charge >= 0.3 is 6.03 Å². The van der Waals surface area contributed by atoms with E-state index in [1.807, 2.05) is 18.2 Å². The molecule has 0 radical (unpaired) electrons. The smallest absolute Gasteiger partial charge is 0.319 e. The standard InChI is InChI=1S/C16H27N3O2/c1-4-17-13(2)14-8-7-9-15(12-14)19-16(20)18-10-5-6-11-21-3/h7-9,12-13,17H,4-6,10-11H2,1-3H3,(H2,18,19,20). The van der Waals surface area contributed by atoms with E-state index in [0.717, 1.165) is 37.2 Å². The fourth-order valence-corrected chi connectivity index (χ4v) is 2.06. The van der Waals surface area contributed by atoms with E-state index in [-0.39, 0.29) is 12.1 Å². The zero-order valence-corrected chi connectivity index (χ0v) is 13.2.